The summed E-state index contributed by atoms with van der Waals surface area (Å²) in [4.78, 5) is 0. The van der Waals surface area contributed by atoms with Crippen molar-refractivity contribution in [3.05, 3.63) is 39.8 Å². The normalized spacial score (nSPS) is 20.5. The summed E-state index contributed by atoms with van der Waals surface area (Å²) in [7, 11) is -0.607. The van der Waals surface area contributed by atoms with Crippen LogP contribution in [-0.2, 0) is 9.31 Å². The van der Waals surface area contributed by atoms with Gasteiger partial charge in [-0.3, -0.25) is 0 Å². The number of halogens is 3. The maximum Gasteiger partial charge on any atom is 0.491 e. The number of rotatable bonds is 3. The molecule has 120 valence electrons. The molecule has 1 aliphatic rings. The van der Waals surface area contributed by atoms with Gasteiger partial charge in [0.05, 0.1) is 11.2 Å². The molecule has 0 N–H and O–H groups in total. The van der Waals surface area contributed by atoms with Crippen molar-refractivity contribution in [3.8, 4) is 0 Å². The highest BCUT2D eigenvalue weighted by molar-refractivity contribution is 7.80. The van der Waals surface area contributed by atoms with Gasteiger partial charge in [-0.2, -0.15) is 12.6 Å². The fourth-order valence-corrected chi connectivity index (χ4v) is 2.40. The molecule has 0 amide bonds. The third-order valence-electron chi connectivity index (χ3n) is 4.10. The molecule has 0 spiro atoms. The highest BCUT2D eigenvalue weighted by Gasteiger charge is 2.52. The van der Waals surface area contributed by atoms with Gasteiger partial charge in [-0.25, -0.2) is 8.78 Å². The molecule has 2 rings (SSSR count). The molecular formula is C15H18BClF2O2S. The topological polar surface area (TPSA) is 18.5 Å². The first-order valence-corrected chi connectivity index (χ1v) is 7.90. The van der Waals surface area contributed by atoms with E-state index < -0.39 is 35.0 Å². The van der Waals surface area contributed by atoms with Gasteiger partial charge in [-0.1, -0.05) is 17.7 Å². The van der Waals surface area contributed by atoms with Gasteiger partial charge in [0.2, 0.25) is 0 Å². The van der Waals surface area contributed by atoms with E-state index in [1.54, 1.807) is 6.08 Å². The average molecular weight is 347 g/mol. The molecule has 1 fully saturated rings. The molecule has 0 atom stereocenters. The monoisotopic (exact) mass is 346 g/mol. The van der Waals surface area contributed by atoms with E-state index in [-0.39, 0.29) is 0 Å². The second-order valence-electron chi connectivity index (χ2n) is 6.26. The third-order valence-corrected chi connectivity index (χ3v) is 4.82. The molecule has 7 heteroatoms. The number of benzene rings is 1. The SMILES string of the molecule is CC1(C)OB(C(=Cc2cc(F)c(Cl)c(F)c2)CS)OC1(C)C. The van der Waals surface area contributed by atoms with Crippen molar-refractivity contribution in [2.75, 3.05) is 5.75 Å². The van der Waals surface area contributed by atoms with Gasteiger partial charge in [0.25, 0.3) is 0 Å². The standard InChI is InChI=1S/C15H18BClF2O2S/c1-14(2)15(3,4)21-16(20-14)10(8-22)5-9-6-11(18)13(17)12(19)7-9/h5-7,22H,8H2,1-4H3. The van der Waals surface area contributed by atoms with Crippen LogP contribution in [0.5, 0.6) is 0 Å². The zero-order valence-corrected chi connectivity index (χ0v) is 14.6. The molecule has 1 saturated heterocycles. The van der Waals surface area contributed by atoms with Crippen LogP contribution in [0.15, 0.2) is 17.6 Å². The van der Waals surface area contributed by atoms with Crippen LogP contribution in [0.4, 0.5) is 8.78 Å². The summed E-state index contributed by atoms with van der Waals surface area (Å²) in [5.41, 5.74) is 0.0492. The van der Waals surface area contributed by atoms with E-state index in [1.165, 1.54) is 12.1 Å². The van der Waals surface area contributed by atoms with Gasteiger partial charge in [0, 0.05) is 5.75 Å². The fourth-order valence-electron chi connectivity index (χ4n) is 2.06. The van der Waals surface area contributed by atoms with Gasteiger partial charge in [0.15, 0.2) is 0 Å². The Bertz CT molecular complexity index is 581. The zero-order chi connectivity index (χ0) is 16.7. The number of hydrogen-bond acceptors (Lipinski definition) is 3. The van der Waals surface area contributed by atoms with E-state index in [9.17, 15) is 8.78 Å². The lowest BCUT2D eigenvalue weighted by Crippen LogP contribution is -2.41. The largest absolute Gasteiger partial charge is 0.491 e. The number of hydrogen-bond donors (Lipinski definition) is 1. The minimum atomic E-state index is -0.805. The van der Waals surface area contributed by atoms with E-state index in [4.69, 9.17) is 20.9 Å². The fraction of sp³-hybridized carbons (Fsp3) is 0.467. The lowest BCUT2D eigenvalue weighted by molar-refractivity contribution is 0.00578. The van der Waals surface area contributed by atoms with Crippen molar-refractivity contribution in [2.24, 2.45) is 0 Å². The average Bonchev–Trinajstić information content (AvgIpc) is 2.61. The van der Waals surface area contributed by atoms with Crippen LogP contribution in [0.1, 0.15) is 33.3 Å². The lowest BCUT2D eigenvalue weighted by atomic mass is 9.78. The zero-order valence-electron chi connectivity index (χ0n) is 12.9. The molecule has 0 unspecified atom stereocenters. The summed E-state index contributed by atoms with van der Waals surface area (Å²) < 4.78 is 38.9. The smallest absolute Gasteiger partial charge is 0.400 e. The van der Waals surface area contributed by atoms with Crippen molar-refractivity contribution in [3.63, 3.8) is 0 Å². The van der Waals surface area contributed by atoms with Gasteiger partial charge < -0.3 is 9.31 Å². The van der Waals surface area contributed by atoms with Gasteiger partial charge >= 0.3 is 7.12 Å². The van der Waals surface area contributed by atoms with Crippen LogP contribution in [0.2, 0.25) is 5.02 Å². The first-order valence-electron chi connectivity index (χ1n) is 6.89. The van der Waals surface area contributed by atoms with Crippen LogP contribution in [0.25, 0.3) is 6.08 Å². The molecule has 0 aromatic heterocycles. The molecule has 0 radical (unpaired) electrons. The summed E-state index contributed by atoms with van der Waals surface area (Å²) in [6.45, 7) is 7.74. The maximum atomic E-state index is 13.5. The molecule has 1 aromatic carbocycles. The first-order chi connectivity index (χ1) is 10.1. The van der Waals surface area contributed by atoms with Crippen molar-refractivity contribution in [1.29, 1.82) is 0 Å². The third kappa shape index (κ3) is 3.35. The van der Waals surface area contributed by atoms with E-state index in [2.05, 4.69) is 12.6 Å². The summed E-state index contributed by atoms with van der Waals surface area (Å²) in [6.07, 6.45) is 1.61. The van der Waals surface area contributed by atoms with Gasteiger partial charge in [-0.05, 0) is 50.9 Å². The summed E-state index contributed by atoms with van der Waals surface area (Å²) >= 11 is 9.75. The second-order valence-corrected chi connectivity index (χ2v) is 6.96. The predicted octanol–water partition coefficient (Wildman–Crippen LogP) is 4.56. The Morgan fingerprint density at radius 1 is 1.18 bits per heavy atom. The van der Waals surface area contributed by atoms with Gasteiger partial charge in [-0.15, -0.1) is 0 Å². The molecule has 1 heterocycles. The molecule has 0 bridgehead atoms. The molecule has 0 aliphatic carbocycles. The Hall–Kier alpha value is -0.555. The second kappa shape index (κ2) is 6.15. The van der Waals surface area contributed by atoms with Crippen LogP contribution >= 0.6 is 24.2 Å². The van der Waals surface area contributed by atoms with Crippen LogP contribution in [-0.4, -0.2) is 24.1 Å². The Morgan fingerprint density at radius 2 is 1.64 bits per heavy atom. The molecular weight excluding hydrogens is 328 g/mol. The van der Waals surface area contributed by atoms with Gasteiger partial charge in [0.1, 0.15) is 16.7 Å². The van der Waals surface area contributed by atoms with E-state index in [0.29, 0.717) is 16.8 Å². The van der Waals surface area contributed by atoms with E-state index in [1.807, 2.05) is 27.7 Å². The Kier molecular flexibility index (Phi) is 4.98. The molecule has 1 aromatic rings. The lowest BCUT2D eigenvalue weighted by Gasteiger charge is -2.32. The van der Waals surface area contributed by atoms with E-state index >= 15 is 0 Å². The summed E-state index contributed by atoms with van der Waals surface area (Å²) in [6, 6.07) is 2.33. The van der Waals surface area contributed by atoms with Crippen LogP contribution in [0, 0.1) is 11.6 Å². The first kappa shape index (κ1) is 17.8. The van der Waals surface area contributed by atoms with E-state index in [0.717, 1.165) is 0 Å². The summed E-state index contributed by atoms with van der Waals surface area (Å²) in [5.74, 6) is -1.27. The van der Waals surface area contributed by atoms with Crippen molar-refractivity contribution < 1.29 is 18.1 Å². The predicted molar refractivity (Wildman–Crippen MR) is 89.3 cm³/mol. The minimum Gasteiger partial charge on any atom is -0.400 e. The number of thiol groups is 1. The highest BCUT2D eigenvalue weighted by Crippen LogP contribution is 2.39. The molecule has 1 aliphatic heterocycles. The Balaban J connectivity index is 2.34. The maximum absolute atomic E-state index is 13.5. The van der Waals surface area contributed by atoms with Crippen molar-refractivity contribution in [1.82, 2.24) is 0 Å². The van der Waals surface area contributed by atoms with Crippen molar-refractivity contribution >= 4 is 37.4 Å². The molecule has 22 heavy (non-hydrogen) atoms. The van der Waals surface area contributed by atoms with Crippen LogP contribution < -0.4 is 0 Å². The Labute approximate surface area is 140 Å². The quantitative estimate of drug-likeness (QED) is 0.491. The van der Waals surface area contributed by atoms with Crippen molar-refractivity contribution in [2.45, 2.75) is 38.9 Å². The minimum absolute atomic E-state index is 0.336. The summed E-state index contributed by atoms with van der Waals surface area (Å²) in [5, 5.41) is -0.514. The highest BCUT2D eigenvalue weighted by atomic mass is 35.5. The Morgan fingerprint density at radius 3 is 2.05 bits per heavy atom. The molecule has 0 saturated carbocycles. The molecule has 2 nitrogen and oxygen atoms in total. The van der Waals surface area contributed by atoms with Crippen LogP contribution in [0.3, 0.4) is 0 Å².